The molecule has 2 aromatic carbocycles. The van der Waals surface area contributed by atoms with E-state index < -0.39 is 0 Å². The van der Waals surface area contributed by atoms with E-state index in [1.165, 1.54) is 12.8 Å². The quantitative estimate of drug-likeness (QED) is 0.187. The van der Waals surface area contributed by atoms with E-state index in [9.17, 15) is 9.59 Å². The van der Waals surface area contributed by atoms with Crippen molar-refractivity contribution in [3.8, 4) is 11.5 Å². The molecule has 0 aromatic heterocycles. The van der Waals surface area contributed by atoms with Crippen molar-refractivity contribution < 1.29 is 19.1 Å². The molecule has 4 heteroatoms. The van der Waals surface area contributed by atoms with Crippen molar-refractivity contribution in [3.63, 3.8) is 0 Å². The topological polar surface area (TPSA) is 52.6 Å². The van der Waals surface area contributed by atoms with E-state index in [0.717, 1.165) is 60.8 Å². The van der Waals surface area contributed by atoms with Crippen LogP contribution < -0.4 is 9.47 Å². The van der Waals surface area contributed by atoms with Crippen LogP contribution in [-0.2, 0) is 9.59 Å². The zero-order chi connectivity index (χ0) is 23.3. The average molecular weight is 439 g/mol. The maximum Gasteiger partial charge on any atom is 0.311 e. The molecule has 0 aliphatic heterocycles. The fourth-order valence-electron chi connectivity index (χ4n) is 3.62. The summed E-state index contributed by atoms with van der Waals surface area (Å²) >= 11 is 0. The number of benzene rings is 2. The molecule has 0 amide bonds. The summed E-state index contributed by atoms with van der Waals surface area (Å²) in [7, 11) is 0. The summed E-state index contributed by atoms with van der Waals surface area (Å²) in [6.45, 7) is 7.99. The number of ether oxygens (including phenoxy) is 2. The maximum atomic E-state index is 12.0. The highest BCUT2D eigenvalue weighted by atomic mass is 16.5. The Morgan fingerprint density at radius 2 is 0.906 bits per heavy atom. The number of hydrogen-bond acceptors (Lipinski definition) is 4. The van der Waals surface area contributed by atoms with Gasteiger partial charge < -0.3 is 9.47 Å². The molecular weight excluding hydrogens is 400 g/mol. The molecule has 0 fully saturated rings. The molecule has 0 bridgehead atoms. The number of hydrogen-bond donors (Lipinski definition) is 0. The molecule has 0 heterocycles. The molecule has 0 aliphatic rings. The first-order valence-corrected chi connectivity index (χ1v) is 11.9. The number of unbranched alkanes of at least 4 members (excludes halogenated alkanes) is 7. The van der Waals surface area contributed by atoms with Gasteiger partial charge in [-0.1, -0.05) is 62.8 Å². The average Bonchev–Trinajstić information content (AvgIpc) is 2.76. The molecule has 2 rings (SSSR count). The van der Waals surface area contributed by atoms with E-state index in [4.69, 9.17) is 9.47 Å². The smallest absolute Gasteiger partial charge is 0.311 e. The predicted molar refractivity (Wildman–Crippen MR) is 129 cm³/mol. The molecule has 0 radical (unpaired) electrons. The summed E-state index contributed by atoms with van der Waals surface area (Å²) in [5.41, 5.74) is 4.32. The lowest BCUT2D eigenvalue weighted by Gasteiger charge is -2.09. The van der Waals surface area contributed by atoms with Gasteiger partial charge in [-0.25, -0.2) is 0 Å². The minimum Gasteiger partial charge on any atom is -0.426 e. The van der Waals surface area contributed by atoms with Gasteiger partial charge in [0, 0.05) is 12.8 Å². The second-order valence-electron chi connectivity index (χ2n) is 8.67. The third-order valence-electron chi connectivity index (χ3n) is 6.07. The van der Waals surface area contributed by atoms with Gasteiger partial charge in [-0.15, -0.1) is 0 Å². The molecule has 0 saturated carbocycles. The first kappa shape index (κ1) is 25.6. The lowest BCUT2D eigenvalue weighted by molar-refractivity contribution is -0.135. The first-order valence-electron chi connectivity index (χ1n) is 11.9. The van der Waals surface area contributed by atoms with E-state index in [-0.39, 0.29) is 11.9 Å². The van der Waals surface area contributed by atoms with Crippen LogP contribution in [0, 0.1) is 27.7 Å². The maximum absolute atomic E-state index is 12.0. The molecule has 0 unspecified atom stereocenters. The molecule has 0 saturated heterocycles. The van der Waals surface area contributed by atoms with Gasteiger partial charge in [-0.3, -0.25) is 9.59 Å². The zero-order valence-corrected chi connectivity index (χ0v) is 20.2. The fraction of sp³-hybridized carbons (Fsp3) is 0.500. The lowest BCUT2D eigenvalue weighted by Crippen LogP contribution is -2.08. The monoisotopic (exact) mass is 438 g/mol. The molecule has 4 nitrogen and oxygen atoms in total. The Bertz CT molecular complexity index is 811. The third kappa shape index (κ3) is 8.86. The summed E-state index contributed by atoms with van der Waals surface area (Å²) in [4.78, 5) is 24.1. The van der Waals surface area contributed by atoms with Gasteiger partial charge in [-0.2, -0.15) is 0 Å². The van der Waals surface area contributed by atoms with Gasteiger partial charge in [0.25, 0.3) is 0 Å². The molecule has 2 aromatic rings. The van der Waals surface area contributed by atoms with Crippen molar-refractivity contribution in [2.24, 2.45) is 0 Å². The minimum absolute atomic E-state index is 0.147. The molecule has 174 valence electrons. The molecule has 0 N–H and O–H groups in total. The summed E-state index contributed by atoms with van der Waals surface area (Å²) in [5.74, 6) is 1.05. The Morgan fingerprint density at radius 3 is 1.28 bits per heavy atom. The van der Waals surface area contributed by atoms with E-state index in [1.54, 1.807) is 0 Å². The first-order chi connectivity index (χ1) is 15.4. The standard InChI is InChI=1S/C28H38O4/c1-21-15-13-17-25(23(21)3)31-27(29)19-11-9-7-5-6-8-10-12-20-28(30)32-26-18-14-16-22(2)24(26)4/h13-18H,5-12,19-20H2,1-4H3. The third-order valence-corrected chi connectivity index (χ3v) is 6.07. The summed E-state index contributed by atoms with van der Waals surface area (Å²) in [6, 6.07) is 11.6. The summed E-state index contributed by atoms with van der Waals surface area (Å²) in [6.07, 6.45) is 9.36. The molecule has 0 atom stereocenters. The van der Waals surface area contributed by atoms with Gasteiger partial charge >= 0.3 is 11.9 Å². The van der Waals surface area contributed by atoms with Crippen LogP contribution in [0.15, 0.2) is 36.4 Å². The lowest BCUT2D eigenvalue weighted by atomic mass is 10.1. The highest BCUT2D eigenvalue weighted by Crippen LogP contribution is 2.22. The molecular formula is C28H38O4. The van der Waals surface area contributed by atoms with Crippen LogP contribution >= 0.6 is 0 Å². The highest BCUT2D eigenvalue weighted by Gasteiger charge is 2.09. The Hall–Kier alpha value is -2.62. The Morgan fingerprint density at radius 1 is 0.562 bits per heavy atom. The minimum atomic E-state index is -0.147. The van der Waals surface area contributed by atoms with Crippen LogP contribution in [0.1, 0.15) is 86.5 Å². The second kappa shape index (κ2) is 13.7. The van der Waals surface area contributed by atoms with E-state index in [1.807, 2.05) is 64.1 Å². The zero-order valence-electron chi connectivity index (χ0n) is 20.2. The van der Waals surface area contributed by atoms with Crippen molar-refractivity contribution in [1.29, 1.82) is 0 Å². The Kier molecular flexibility index (Phi) is 11.0. The van der Waals surface area contributed by atoms with Gasteiger partial charge in [0.05, 0.1) is 0 Å². The fourth-order valence-corrected chi connectivity index (χ4v) is 3.62. The van der Waals surface area contributed by atoms with Crippen molar-refractivity contribution in [1.82, 2.24) is 0 Å². The normalized spacial score (nSPS) is 10.8. The van der Waals surface area contributed by atoms with E-state index in [0.29, 0.717) is 24.3 Å². The molecule has 0 aliphatic carbocycles. The van der Waals surface area contributed by atoms with Crippen LogP contribution in [-0.4, -0.2) is 11.9 Å². The predicted octanol–water partition coefficient (Wildman–Crippen LogP) is 7.33. The number of carbonyl (C=O) groups excluding carboxylic acids is 2. The van der Waals surface area contributed by atoms with Crippen LogP contribution in [0.2, 0.25) is 0 Å². The highest BCUT2D eigenvalue weighted by molar-refractivity contribution is 5.73. The molecule has 0 spiro atoms. The number of esters is 2. The Balaban J connectivity index is 1.46. The SMILES string of the molecule is Cc1cccc(OC(=O)CCCCCCCCCCC(=O)Oc2cccc(C)c2C)c1C. The summed E-state index contributed by atoms with van der Waals surface area (Å²) in [5, 5.41) is 0. The van der Waals surface area contributed by atoms with Crippen LogP contribution in [0.5, 0.6) is 11.5 Å². The summed E-state index contributed by atoms with van der Waals surface area (Å²) < 4.78 is 11.0. The van der Waals surface area contributed by atoms with Crippen molar-refractivity contribution in [3.05, 3.63) is 58.7 Å². The van der Waals surface area contributed by atoms with Crippen LogP contribution in [0.25, 0.3) is 0 Å². The van der Waals surface area contributed by atoms with Crippen molar-refractivity contribution in [2.45, 2.75) is 91.9 Å². The largest absolute Gasteiger partial charge is 0.426 e. The van der Waals surface area contributed by atoms with Crippen molar-refractivity contribution >= 4 is 11.9 Å². The van der Waals surface area contributed by atoms with E-state index in [2.05, 4.69) is 0 Å². The van der Waals surface area contributed by atoms with Crippen LogP contribution in [0.3, 0.4) is 0 Å². The second-order valence-corrected chi connectivity index (χ2v) is 8.67. The molecule has 32 heavy (non-hydrogen) atoms. The van der Waals surface area contributed by atoms with Gasteiger partial charge in [0.2, 0.25) is 0 Å². The van der Waals surface area contributed by atoms with Gasteiger partial charge in [0.15, 0.2) is 0 Å². The Labute approximate surface area is 193 Å². The van der Waals surface area contributed by atoms with Crippen molar-refractivity contribution in [2.75, 3.05) is 0 Å². The van der Waals surface area contributed by atoms with E-state index >= 15 is 0 Å². The van der Waals surface area contributed by atoms with Gasteiger partial charge in [0.1, 0.15) is 11.5 Å². The number of aryl methyl sites for hydroxylation is 2. The van der Waals surface area contributed by atoms with Crippen LogP contribution in [0.4, 0.5) is 0 Å². The number of rotatable bonds is 13. The van der Waals surface area contributed by atoms with Gasteiger partial charge in [-0.05, 0) is 74.9 Å². The number of carbonyl (C=O) groups is 2.